The normalized spacial score (nSPS) is 27.8. The van der Waals surface area contributed by atoms with Crippen LogP contribution < -0.4 is 0 Å². The summed E-state index contributed by atoms with van der Waals surface area (Å²) >= 11 is 0. The molecule has 5 nitrogen and oxygen atoms in total. The summed E-state index contributed by atoms with van der Waals surface area (Å²) in [5.41, 5.74) is 0. The van der Waals surface area contributed by atoms with Crippen LogP contribution in [-0.4, -0.2) is 47.7 Å². The van der Waals surface area contributed by atoms with Crippen LogP contribution in [0, 0.1) is 5.92 Å². The summed E-state index contributed by atoms with van der Waals surface area (Å²) in [7, 11) is 1.44. The van der Waals surface area contributed by atoms with E-state index in [2.05, 4.69) is 0 Å². The van der Waals surface area contributed by atoms with Crippen molar-refractivity contribution in [1.82, 2.24) is 4.90 Å². The standard InChI is InChI=1S/C10H17NO4/c1-6-4-5-11(8(6)10(13)14)9(12)7(2)15-3/h6-8H,4-5H2,1-3H3,(H,13,14). The first kappa shape index (κ1) is 12.0. The fourth-order valence-corrected chi connectivity index (χ4v) is 1.91. The van der Waals surface area contributed by atoms with Gasteiger partial charge in [-0.1, -0.05) is 6.92 Å². The van der Waals surface area contributed by atoms with Crippen molar-refractivity contribution in [2.75, 3.05) is 13.7 Å². The summed E-state index contributed by atoms with van der Waals surface area (Å²) in [6.45, 7) is 3.98. The second-order valence-corrected chi connectivity index (χ2v) is 3.96. The fraction of sp³-hybridized carbons (Fsp3) is 0.800. The van der Waals surface area contributed by atoms with Gasteiger partial charge < -0.3 is 14.7 Å². The van der Waals surface area contributed by atoms with Crippen LogP contribution in [0.5, 0.6) is 0 Å². The number of carboxylic acid groups (broad SMARTS) is 1. The molecule has 1 saturated heterocycles. The molecule has 5 heteroatoms. The zero-order valence-corrected chi connectivity index (χ0v) is 9.27. The van der Waals surface area contributed by atoms with Gasteiger partial charge in [-0.3, -0.25) is 4.79 Å². The first-order valence-corrected chi connectivity index (χ1v) is 5.05. The van der Waals surface area contributed by atoms with Crippen LogP contribution in [0.15, 0.2) is 0 Å². The zero-order chi connectivity index (χ0) is 11.6. The third-order valence-corrected chi connectivity index (χ3v) is 2.94. The minimum absolute atomic E-state index is 0.00973. The second-order valence-electron chi connectivity index (χ2n) is 3.96. The van der Waals surface area contributed by atoms with E-state index in [4.69, 9.17) is 9.84 Å². The van der Waals surface area contributed by atoms with Gasteiger partial charge in [0.2, 0.25) is 0 Å². The number of carbonyl (C=O) groups excluding carboxylic acids is 1. The highest BCUT2D eigenvalue weighted by Gasteiger charge is 2.40. The lowest BCUT2D eigenvalue weighted by Crippen LogP contribution is -2.46. The maximum atomic E-state index is 11.8. The van der Waals surface area contributed by atoms with Gasteiger partial charge in [0.25, 0.3) is 5.91 Å². The number of hydrogen-bond acceptors (Lipinski definition) is 3. The second kappa shape index (κ2) is 4.61. The molecule has 1 fully saturated rings. The molecule has 0 spiro atoms. The van der Waals surface area contributed by atoms with Gasteiger partial charge in [0.05, 0.1) is 0 Å². The molecule has 0 radical (unpaired) electrons. The van der Waals surface area contributed by atoms with Gasteiger partial charge >= 0.3 is 5.97 Å². The Kier molecular flexibility index (Phi) is 3.68. The molecule has 1 heterocycles. The molecule has 15 heavy (non-hydrogen) atoms. The Labute approximate surface area is 89.0 Å². The minimum Gasteiger partial charge on any atom is -0.480 e. The molecule has 86 valence electrons. The van der Waals surface area contributed by atoms with Gasteiger partial charge in [0.1, 0.15) is 12.1 Å². The van der Waals surface area contributed by atoms with Gasteiger partial charge in [-0.25, -0.2) is 4.79 Å². The molecule has 1 amide bonds. The predicted octanol–water partition coefficient (Wildman–Crippen LogP) is 0.343. The highest BCUT2D eigenvalue weighted by Crippen LogP contribution is 2.24. The molecule has 1 aliphatic rings. The summed E-state index contributed by atoms with van der Waals surface area (Å²) in [6.07, 6.45) is 0.163. The van der Waals surface area contributed by atoms with Crippen LogP contribution in [0.4, 0.5) is 0 Å². The molecule has 0 aliphatic carbocycles. The Hall–Kier alpha value is -1.10. The molecule has 0 bridgehead atoms. The van der Waals surface area contributed by atoms with Gasteiger partial charge in [0, 0.05) is 13.7 Å². The van der Waals surface area contributed by atoms with Crippen molar-refractivity contribution in [3.05, 3.63) is 0 Å². The number of likely N-dealkylation sites (tertiary alicyclic amines) is 1. The first-order valence-electron chi connectivity index (χ1n) is 5.05. The lowest BCUT2D eigenvalue weighted by atomic mass is 10.0. The van der Waals surface area contributed by atoms with Crippen molar-refractivity contribution in [2.45, 2.75) is 32.4 Å². The number of hydrogen-bond donors (Lipinski definition) is 1. The summed E-state index contributed by atoms with van der Waals surface area (Å²) in [5, 5.41) is 9.02. The van der Waals surface area contributed by atoms with Crippen LogP contribution in [-0.2, 0) is 14.3 Å². The summed E-state index contributed by atoms with van der Waals surface area (Å²) < 4.78 is 4.90. The average molecular weight is 215 g/mol. The fourth-order valence-electron chi connectivity index (χ4n) is 1.91. The number of carboxylic acids is 1. The molecular weight excluding hydrogens is 198 g/mol. The van der Waals surface area contributed by atoms with Gasteiger partial charge in [-0.15, -0.1) is 0 Å². The number of rotatable bonds is 3. The first-order chi connectivity index (χ1) is 6.99. The van der Waals surface area contributed by atoms with Crippen LogP contribution in [0.25, 0.3) is 0 Å². The van der Waals surface area contributed by atoms with Crippen molar-refractivity contribution in [3.8, 4) is 0 Å². The molecule has 0 aromatic heterocycles. The van der Waals surface area contributed by atoms with Crippen molar-refractivity contribution in [3.63, 3.8) is 0 Å². The van der Waals surface area contributed by atoms with Gasteiger partial charge in [-0.05, 0) is 19.3 Å². The van der Waals surface area contributed by atoms with E-state index < -0.39 is 18.1 Å². The third-order valence-electron chi connectivity index (χ3n) is 2.94. The Bertz CT molecular complexity index is 266. The maximum Gasteiger partial charge on any atom is 0.326 e. The molecule has 1 rings (SSSR count). The highest BCUT2D eigenvalue weighted by atomic mass is 16.5. The van der Waals surface area contributed by atoms with E-state index in [0.717, 1.165) is 6.42 Å². The third kappa shape index (κ3) is 2.28. The molecule has 1 N–H and O–H groups in total. The van der Waals surface area contributed by atoms with E-state index in [1.54, 1.807) is 6.92 Å². The molecule has 1 aliphatic heterocycles. The quantitative estimate of drug-likeness (QED) is 0.737. The average Bonchev–Trinajstić information content (AvgIpc) is 2.57. The van der Waals surface area contributed by atoms with Gasteiger partial charge in [-0.2, -0.15) is 0 Å². The van der Waals surface area contributed by atoms with Crippen molar-refractivity contribution < 1.29 is 19.4 Å². The number of nitrogens with zero attached hydrogens (tertiary/aromatic N) is 1. The smallest absolute Gasteiger partial charge is 0.326 e. The van der Waals surface area contributed by atoms with Crippen LogP contribution in [0.1, 0.15) is 20.3 Å². The van der Waals surface area contributed by atoms with Crippen molar-refractivity contribution in [1.29, 1.82) is 0 Å². The van der Waals surface area contributed by atoms with E-state index in [-0.39, 0.29) is 11.8 Å². The van der Waals surface area contributed by atoms with Gasteiger partial charge in [0.15, 0.2) is 0 Å². The number of methoxy groups -OCH3 is 1. The van der Waals surface area contributed by atoms with E-state index in [1.165, 1.54) is 12.0 Å². The van der Waals surface area contributed by atoms with E-state index >= 15 is 0 Å². The zero-order valence-electron chi connectivity index (χ0n) is 9.27. The molecule has 3 atom stereocenters. The Morgan fingerprint density at radius 1 is 1.53 bits per heavy atom. The monoisotopic (exact) mass is 215 g/mol. The maximum absolute atomic E-state index is 11.8. The largest absolute Gasteiger partial charge is 0.480 e. The lowest BCUT2D eigenvalue weighted by molar-refractivity contribution is -0.153. The molecular formula is C10H17NO4. The molecule has 0 aromatic carbocycles. The number of amides is 1. The highest BCUT2D eigenvalue weighted by molar-refractivity contribution is 5.87. The van der Waals surface area contributed by atoms with Crippen molar-refractivity contribution >= 4 is 11.9 Å². The Morgan fingerprint density at radius 3 is 2.60 bits per heavy atom. The summed E-state index contributed by atoms with van der Waals surface area (Å²) in [4.78, 5) is 24.2. The summed E-state index contributed by atoms with van der Waals surface area (Å²) in [6, 6.07) is -0.699. The van der Waals surface area contributed by atoms with Crippen LogP contribution in [0.2, 0.25) is 0 Å². The number of aliphatic carboxylic acids is 1. The molecule has 3 unspecified atom stereocenters. The number of ether oxygens (including phenoxy) is 1. The van der Waals surface area contributed by atoms with Crippen LogP contribution >= 0.6 is 0 Å². The Balaban J connectivity index is 2.77. The Morgan fingerprint density at radius 2 is 2.13 bits per heavy atom. The minimum atomic E-state index is -0.934. The number of carbonyl (C=O) groups is 2. The van der Waals surface area contributed by atoms with Crippen molar-refractivity contribution in [2.24, 2.45) is 5.92 Å². The topological polar surface area (TPSA) is 66.8 Å². The van der Waals surface area contributed by atoms with E-state index in [1.807, 2.05) is 6.92 Å². The molecule has 0 aromatic rings. The van der Waals surface area contributed by atoms with E-state index in [9.17, 15) is 9.59 Å². The van der Waals surface area contributed by atoms with E-state index in [0.29, 0.717) is 6.54 Å². The predicted molar refractivity (Wildman–Crippen MR) is 53.4 cm³/mol. The molecule has 0 saturated carbocycles. The SMILES string of the molecule is COC(C)C(=O)N1CCC(C)C1C(=O)O. The summed E-state index contributed by atoms with van der Waals surface area (Å²) in [5.74, 6) is -1.17. The lowest BCUT2D eigenvalue weighted by Gasteiger charge is -2.25. The van der Waals surface area contributed by atoms with Crippen LogP contribution in [0.3, 0.4) is 0 Å².